The zero-order chi connectivity index (χ0) is 18.4. The van der Waals surface area contributed by atoms with Crippen molar-refractivity contribution in [2.24, 2.45) is 0 Å². The van der Waals surface area contributed by atoms with Crippen molar-refractivity contribution >= 4 is 22.7 Å². The van der Waals surface area contributed by atoms with E-state index in [9.17, 15) is 8.78 Å². The second-order valence-electron chi connectivity index (χ2n) is 7.07. The Morgan fingerprint density at radius 1 is 1.19 bits per heavy atom. The third-order valence-corrected chi connectivity index (χ3v) is 5.11. The molecular formula is C21H21F2N3. The van der Waals surface area contributed by atoms with Crippen LogP contribution in [0, 0.1) is 18.6 Å². The smallest absolute Gasteiger partial charge is 0.160 e. The summed E-state index contributed by atoms with van der Waals surface area (Å²) in [5.74, 6) is -1.61. The van der Waals surface area contributed by atoms with Gasteiger partial charge < -0.3 is 9.47 Å². The summed E-state index contributed by atoms with van der Waals surface area (Å²) in [4.78, 5) is 6.55. The van der Waals surface area contributed by atoms with Gasteiger partial charge in [0, 0.05) is 54.7 Å². The number of nitrogens with zero attached hydrogens (tertiary/aromatic N) is 3. The van der Waals surface area contributed by atoms with Crippen LogP contribution in [0.25, 0.3) is 22.7 Å². The zero-order valence-corrected chi connectivity index (χ0v) is 15.2. The maximum absolute atomic E-state index is 13.9. The molecule has 5 heteroatoms. The van der Waals surface area contributed by atoms with E-state index in [1.54, 1.807) is 0 Å². The van der Waals surface area contributed by atoms with Crippen LogP contribution in [-0.2, 0) is 13.0 Å². The summed E-state index contributed by atoms with van der Waals surface area (Å²) in [5.41, 5.74) is 5.93. The van der Waals surface area contributed by atoms with E-state index in [1.807, 2.05) is 50.0 Å². The fourth-order valence-corrected chi connectivity index (χ4v) is 3.63. The number of aryl methyl sites for hydroxylation is 1. The van der Waals surface area contributed by atoms with Crippen molar-refractivity contribution in [1.29, 1.82) is 0 Å². The van der Waals surface area contributed by atoms with Gasteiger partial charge in [0.2, 0.25) is 0 Å². The Labute approximate surface area is 151 Å². The monoisotopic (exact) mass is 353 g/mol. The minimum absolute atomic E-state index is 0.712. The molecule has 1 aliphatic heterocycles. The molecule has 3 aromatic rings. The standard InChI is InChI=1S/C21H21F2N3/c1-13(15-5-4-14(2)24-10-15)11-26-20-6-7-25(3)12-17(20)16-8-18(22)19(23)9-21(16)26/h4-5,8-11H,6-7,12H2,1-3H3/b13-11-. The van der Waals surface area contributed by atoms with Gasteiger partial charge in [-0.05, 0) is 49.7 Å². The highest BCUT2D eigenvalue weighted by atomic mass is 19.2. The first-order valence-electron chi connectivity index (χ1n) is 8.74. The molecule has 0 fully saturated rings. The molecule has 26 heavy (non-hydrogen) atoms. The van der Waals surface area contributed by atoms with Crippen LogP contribution < -0.4 is 0 Å². The van der Waals surface area contributed by atoms with Gasteiger partial charge in [-0.25, -0.2) is 8.78 Å². The first-order valence-corrected chi connectivity index (χ1v) is 8.74. The highest BCUT2D eigenvalue weighted by molar-refractivity contribution is 5.90. The number of aromatic nitrogens is 2. The molecule has 0 amide bonds. The van der Waals surface area contributed by atoms with Crippen molar-refractivity contribution in [1.82, 2.24) is 14.5 Å². The predicted molar refractivity (Wildman–Crippen MR) is 101 cm³/mol. The highest BCUT2D eigenvalue weighted by Crippen LogP contribution is 2.33. The molecule has 0 bridgehead atoms. The van der Waals surface area contributed by atoms with Gasteiger partial charge in [-0.1, -0.05) is 6.07 Å². The quantitative estimate of drug-likeness (QED) is 0.670. The molecule has 0 unspecified atom stereocenters. The van der Waals surface area contributed by atoms with Crippen molar-refractivity contribution in [3.05, 3.63) is 64.6 Å². The van der Waals surface area contributed by atoms with E-state index < -0.39 is 11.6 Å². The normalized spacial score (nSPS) is 15.5. The summed E-state index contributed by atoms with van der Waals surface area (Å²) in [5, 5.41) is 0.788. The predicted octanol–water partition coefficient (Wildman–Crippen LogP) is 4.63. The molecule has 3 nitrogen and oxygen atoms in total. The SMILES string of the molecule is C/C(=C/n1c2c(c3cc(F)c(F)cc31)CN(C)CC2)c1ccc(C)nc1. The van der Waals surface area contributed by atoms with Gasteiger partial charge in [-0.15, -0.1) is 0 Å². The maximum atomic E-state index is 13.9. The number of fused-ring (bicyclic) bond motifs is 3. The topological polar surface area (TPSA) is 21.1 Å². The molecule has 0 saturated heterocycles. The van der Waals surface area contributed by atoms with Crippen LogP contribution in [-0.4, -0.2) is 28.0 Å². The first-order chi connectivity index (χ1) is 12.4. The third kappa shape index (κ3) is 2.82. The molecule has 0 aliphatic carbocycles. The molecule has 1 aliphatic rings. The fraction of sp³-hybridized carbons (Fsp3) is 0.286. The van der Waals surface area contributed by atoms with E-state index in [1.165, 1.54) is 12.1 Å². The summed E-state index contributed by atoms with van der Waals surface area (Å²) in [6, 6.07) is 6.64. The molecule has 0 N–H and O–H groups in total. The summed E-state index contributed by atoms with van der Waals surface area (Å²) in [7, 11) is 2.05. The second kappa shape index (κ2) is 6.32. The largest absolute Gasteiger partial charge is 0.320 e. The van der Waals surface area contributed by atoms with E-state index in [0.29, 0.717) is 5.52 Å². The summed E-state index contributed by atoms with van der Waals surface area (Å²) in [6.45, 7) is 5.63. The van der Waals surface area contributed by atoms with Crippen molar-refractivity contribution in [2.75, 3.05) is 13.6 Å². The number of halogens is 2. The Bertz CT molecular complexity index is 1020. The van der Waals surface area contributed by atoms with Crippen LogP contribution in [0.4, 0.5) is 8.78 Å². The number of likely N-dealkylation sites (N-methyl/N-ethyl adjacent to an activating group) is 1. The number of pyridine rings is 1. The van der Waals surface area contributed by atoms with Gasteiger partial charge in [0.15, 0.2) is 11.6 Å². The number of rotatable bonds is 2. The lowest BCUT2D eigenvalue weighted by Crippen LogP contribution is -2.26. The Balaban J connectivity index is 1.93. The maximum Gasteiger partial charge on any atom is 0.160 e. The van der Waals surface area contributed by atoms with Crippen molar-refractivity contribution < 1.29 is 8.78 Å². The van der Waals surface area contributed by atoms with Gasteiger partial charge in [-0.3, -0.25) is 4.98 Å². The van der Waals surface area contributed by atoms with E-state index in [-0.39, 0.29) is 0 Å². The van der Waals surface area contributed by atoms with Crippen LogP contribution in [0.2, 0.25) is 0 Å². The average molecular weight is 353 g/mol. The molecular weight excluding hydrogens is 332 g/mol. The molecule has 1 aromatic carbocycles. The van der Waals surface area contributed by atoms with Crippen molar-refractivity contribution in [3.8, 4) is 0 Å². The van der Waals surface area contributed by atoms with E-state index >= 15 is 0 Å². The second-order valence-corrected chi connectivity index (χ2v) is 7.07. The third-order valence-electron chi connectivity index (χ3n) is 5.11. The molecule has 134 valence electrons. The van der Waals surface area contributed by atoms with Crippen LogP contribution in [0.15, 0.2) is 30.5 Å². The van der Waals surface area contributed by atoms with Gasteiger partial charge >= 0.3 is 0 Å². The van der Waals surface area contributed by atoms with Crippen molar-refractivity contribution in [2.45, 2.75) is 26.8 Å². The molecule has 0 radical (unpaired) electrons. The van der Waals surface area contributed by atoms with Crippen LogP contribution in [0.3, 0.4) is 0 Å². The number of benzene rings is 1. The summed E-state index contributed by atoms with van der Waals surface area (Å²) in [6.07, 6.45) is 4.70. The van der Waals surface area contributed by atoms with Gasteiger partial charge in [0.25, 0.3) is 0 Å². The summed E-state index contributed by atoms with van der Waals surface area (Å²) >= 11 is 0. The number of hydrogen-bond donors (Lipinski definition) is 0. The van der Waals surface area contributed by atoms with E-state index in [2.05, 4.69) is 9.88 Å². The summed E-state index contributed by atoms with van der Waals surface area (Å²) < 4.78 is 29.8. The lowest BCUT2D eigenvalue weighted by atomic mass is 10.0. The molecule has 0 spiro atoms. The Hall–Kier alpha value is -2.53. The minimum Gasteiger partial charge on any atom is -0.320 e. The van der Waals surface area contributed by atoms with E-state index in [0.717, 1.165) is 53.0 Å². The average Bonchev–Trinajstić information content (AvgIpc) is 2.88. The molecule has 0 saturated carbocycles. The Kier molecular flexibility index (Phi) is 4.11. The molecule has 3 heterocycles. The first kappa shape index (κ1) is 16.9. The fourth-order valence-electron chi connectivity index (χ4n) is 3.63. The Morgan fingerprint density at radius 2 is 1.96 bits per heavy atom. The van der Waals surface area contributed by atoms with Crippen molar-refractivity contribution in [3.63, 3.8) is 0 Å². The highest BCUT2D eigenvalue weighted by Gasteiger charge is 2.23. The number of allylic oxidation sites excluding steroid dienone is 1. The van der Waals surface area contributed by atoms with Crippen LogP contribution >= 0.6 is 0 Å². The van der Waals surface area contributed by atoms with Gasteiger partial charge in [0.1, 0.15) is 0 Å². The molecule has 0 atom stereocenters. The lowest BCUT2D eigenvalue weighted by molar-refractivity contribution is 0.312. The zero-order valence-electron chi connectivity index (χ0n) is 15.2. The molecule has 2 aromatic heterocycles. The number of hydrogen-bond acceptors (Lipinski definition) is 2. The Morgan fingerprint density at radius 3 is 2.69 bits per heavy atom. The van der Waals surface area contributed by atoms with Gasteiger partial charge in [-0.2, -0.15) is 0 Å². The van der Waals surface area contributed by atoms with E-state index in [4.69, 9.17) is 0 Å². The minimum atomic E-state index is -0.815. The van der Waals surface area contributed by atoms with Crippen LogP contribution in [0.1, 0.15) is 29.4 Å². The molecule has 4 rings (SSSR count). The lowest BCUT2D eigenvalue weighted by Gasteiger charge is -2.23. The van der Waals surface area contributed by atoms with Crippen LogP contribution in [0.5, 0.6) is 0 Å². The van der Waals surface area contributed by atoms with Gasteiger partial charge in [0.05, 0.1) is 5.52 Å².